The molecule has 0 bridgehead atoms. The lowest BCUT2D eigenvalue weighted by Gasteiger charge is -2.21. The monoisotopic (exact) mass is 880 g/mol. The fraction of sp³-hybridized carbons (Fsp3) is 0.460. The molecule has 0 saturated carbocycles. The van der Waals surface area contributed by atoms with E-state index in [0.717, 1.165) is 64.2 Å². The molecule has 0 aromatic rings. The van der Waals surface area contributed by atoms with Crippen LogP contribution in [-0.4, -0.2) is 59.9 Å². The van der Waals surface area contributed by atoms with E-state index in [1.54, 1.807) is 0 Å². The van der Waals surface area contributed by atoms with E-state index >= 15 is 0 Å². The standard InChI is InChI=1S/C50H74NO10P/c1-3-5-7-9-11-13-15-17-19-21-23-25-27-29-31-33-35-37-39-41-48(52)58-43-46(61-62(56,57)60-45-47(51)50(54)55)44-59-49(53)42-40-38-36-34-32-30-28-26-24-22-20-18-16-14-12-10-8-6-4-2/h5-8,11-14,17-20,23-26,29-32,35-38,46-47H,3-4,9-10,15-16,21-22,27-28,33-34,39-45,51H2,1-2H3,(H,54,55)(H,56,57)/b7-5-,8-6-,13-11-,14-12-,19-17-,20-18-,25-23-,26-24-,31-29-,32-30-,37-35-,38-36-. The van der Waals surface area contributed by atoms with Gasteiger partial charge in [0.25, 0.3) is 0 Å². The number of aliphatic carboxylic acids is 1. The lowest BCUT2D eigenvalue weighted by atomic mass is 10.2. The number of ether oxygens (including phenoxy) is 2. The summed E-state index contributed by atoms with van der Waals surface area (Å²) in [4.78, 5) is 45.9. The Labute approximate surface area is 372 Å². The van der Waals surface area contributed by atoms with Gasteiger partial charge in [0, 0.05) is 12.8 Å². The first-order chi connectivity index (χ1) is 30.1. The first kappa shape index (κ1) is 57.4. The number of carboxylic acids is 1. The Morgan fingerprint density at radius 1 is 0.484 bits per heavy atom. The SMILES string of the molecule is CC/C=C\C/C=C\C/C=C\C/C=C\C/C=C\C/C=C\CCC(=O)OCC(COC(=O)CC/C=C\C/C=C\C/C=C\C/C=C\C/C=C\C/C=C\CC)OP(=O)(O)OCC(N)C(=O)O. The average Bonchev–Trinajstić information content (AvgIpc) is 3.25. The molecule has 0 amide bonds. The molecule has 0 fully saturated rings. The Hall–Kier alpha value is -4.64. The third kappa shape index (κ3) is 42.1. The quantitative estimate of drug-likeness (QED) is 0.0306. The van der Waals surface area contributed by atoms with Gasteiger partial charge in [0.05, 0.1) is 6.61 Å². The molecule has 0 aliphatic carbocycles. The van der Waals surface area contributed by atoms with Crippen molar-refractivity contribution >= 4 is 25.7 Å². The van der Waals surface area contributed by atoms with E-state index in [0.29, 0.717) is 25.7 Å². The maximum absolute atomic E-state index is 12.5. The number of carboxylic acid groups (broad SMARTS) is 1. The van der Waals surface area contributed by atoms with E-state index < -0.39 is 57.7 Å². The third-order valence-electron chi connectivity index (χ3n) is 8.10. The van der Waals surface area contributed by atoms with Crippen LogP contribution in [0, 0.1) is 0 Å². The van der Waals surface area contributed by atoms with Crippen LogP contribution in [0.15, 0.2) is 146 Å². The summed E-state index contributed by atoms with van der Waals surface area (Å²) in [6, 6.07) is -1.57. The smallest absolute Gasteiger partial charge is 0.472 e. The summed E-state index contributed by atoms with van der Waals surface area (Å²) in [5.74, 6) is -2.63. The molecule has 2 atom stereocenters. The van der Waals surface area contributed by atoms with Crippen LogP contribution in [-0.2, 0) is 37.5 Å². The molecule has 0 rings (SSSR count). The van der Waals surface area contributed by atoms with Gasteiger partial charge >= 0.3 is 25.7 Å². The highest BCUT2D eigenvalue weighted by molar-refractivity contribution is 7.47. The molecule has 0 spiro atoms. The van der Waals surface area contributed by atoms with Gasteiger partial charge in [-0.15, -0.1) is 0 Å². The number of phosphoric ester groups is 1. The minimum atomic E-state index is -4.86. The minimum Gasteiger partial charge on any atom is -0.480 e. The molecule has 0 radical (unpaired) electrons. The lowest BCUT2D eigenvalue weighted by Crippen LogP contribution is -2.35. The number of carbonyl (C=O) groups excluding carboxylic acids is 2. The predicted molar refractivity (Wildman–Crippen MR) is 253 cm³/mol. The molecule has 11 nitrogen and oxygen atoms in total. The molecule has 0 saturated heterocycles. The van der Waals surface area contributed by atoms with E-state index in [1.165, 1.54) is 0 Å². The van der Waals surface area contributed by atoms with Crippen LogP contribution in [0.2, 0.25) is 0 Å². The molecular formula is C50H74NO10P. The van der Waals surface area contributed by atoms with Crippen LogP contribution >= 0.6 is 7.82 Å². The van der Waals surface area contributed by atoms with Crippen molar-refractivity contribution in [1.82, 2.24) is 0 Å². The van der Waals surface area contributed by atoms with Gasteiger partial charge in [-0.25, -0.2) is 4.57 Å². The number of rotatable bonds is 38. The van der Waals surface area contributed by atoms with Crippen molar-refractivity contribution in [2.24, 2.45) is 5.73 Å². The number of carbonyl (C=O) groups is 3. The Kier molecular flexibility index (Phi) is 39.8. The van der Waals surface area contributed by atoms with Crippen LogP contribution in [0.5, 0.6) is 0 Å². The van der Waals surface area contributed by atoms with Crippen LogP contribution in [0.4, 0.5) is 0 Å². The van der Waals surface area contributed by atoms with E-state index in [4.69, 9.17) is 29.4 Å². The van der Waals surface area contributed by atoms with Crippen molar-refractivity contribution in [3.63, 3.8) is 0 Å². The fourth-order valence-corrected chi connectivity index (χ4v) is 5.68. The molecule has 12 heteroatoms. The van der Waals surface area contributed by atoms with Gasteiger partial charge in [0.2, 0.25) is 0 Å². The first-order valence-corrected chi connectivity index (χ1v) is 23.4. The first-order valence-electron chi connectivity index (χ1n) is 21.9. The molecule has 0 aliphatic rings. The molecule has 344 valence electrons. The second-order valence-corrected chi connectivity index (χ2v) is 15.1. The molecule has 0 heterocycles. The highest BCUT2D eigenvalue weighted by Gasteiger charge is 2.30. The summed E-state index contributed by atoms with van der Waals surface area (Å²) in [5.41, 5.74) is 5.35. The number of phosphoric acid groups is 1. The van der Waals surface area contributed by atoms with Crippen molar-refractivity contribution in [3.8, 4) is 0 Å². The molecule has 62 heavy (non-hydrogen) atoms. The van der Waals surface area contributed by atoms with Crippen molar-refractivity contribution in [2.45, 2.75) is 129 Å². The summed E-state index contributed by atoms with van der Waals surface area (Å²) in [6.07, 6.45) is 60.7. The van der Waals surface area contributed by atoms with Gasteiger partial charge in [-0.05, 0) is 89.9 Å². The highest BCUT2D eigenvalue weighted by Crippen LogP contribution is 2.44. The zero-order valence-electron chi connectivity index (χ0n) is 37.1. The zero-order valence-corrected chi connectivity index (χ0v) is 38.0. The Balaban J connectivity index is 4.58. The molecule has 2 unspecified atom stereocenters. The van der Waals surface area contributed by atoms with Gasteiger partial charge in [-0.1, -0.05) is 160 Å². The lowest BCUT2D eigenvalue weighted by molar-refractivity contribution is -0.152. The largest absolute Gasteiger partial charge is 0.480 e. The molecule has 4 N–H and O–H groups in total. The second-order valence-electron chi connectivity index (χ2n) is 13.7. The van der Waals surface area contributed by atoms with Crippen LogP contribution in [0.3, 0.4) is 0 Å². The van der Waals surface area contributed by atoms with E-state index in [9.17, 15) is 23.8 Å². The Bertz CT molecular complexity index is 1500. The van der Waals surface area contributed by atoms with Gasteiger partial charge in [-0.2, -0.15) is 0 Å². The van der Waals surface area contributed by atoms with Gasteiger partial charge in [0.1, 0.15) is 25.4 Å². The van der Waals surface area contributed by atoms with Crippen molar-refractivity contribution in [3.05, 3.63) is 146 Å². The third-order valence-corrected chi connectivity index (χ3v) is 9.14. The van der Waals surface area contributed by atoms with Crippen molar-refractivity contribution in [1.29, 1.82) is 0 Å². The fourth-order valence-electron chi connectivity index (χ4n) is 4.77. The Morgan fingerprint density at radius 2 is 0.758 bits per heavy atom. The zero-order chi connectivity index (χ0) is 45.6. The van der Waals surface area contributed by atoms with Gasteiger partial charge in [-0.3, -0.25) is 23.4 Å². The van der Waals surface area contributed by atoms with Gasteiger partial charge in [0.15, 0.2) is 0 Å². The average molecular weight is 880 g/mol. The molecule has 0 aliphatic heterocycles. The normalized spacial score (nSPS) is 14.6. The Morgan fingerprint density at radius 3 is 1.03 bits per heavy atom. The number of allylic oxidation sites excluding steroid dienone is 24. The van der Waals surface area contributed by atoms with E-state index in [-0.39, 0.29) is 12.8 Å². The van der Waals surface area contributed by atoms with E-state index in [2.05, 4.69) is 123 Å². The second kappa shape index (κ2) is 43.0. The maximum atomic E-state index is 12.5. The molecular weight excluding hydrogens is 806 g/mol. The number of esters is 2. The minimum absolute atomic E-state index is 0.0430. The summed E-state index contributed by atoms with van der Waals surface area (Å²) in [5, 5.41) is 8.94. The van der Waals surface area contributed by atoms with E-state index in [1.807, 2.05) is 36.5 Å². The predicted octanol–water partition coefficient (Wildman–Crippen LogP) is 11.9. The molecule has 0 aromatic carbocycles. The highest BCUT2D eigenvalue weighted by atomic mass is 31.2. The number of hydrogen-bond donors (Lipinski definition) is 3. The van der Waals surface area contributed by atoms with Gasteiger partial charge < -0.3 is 25.2 Å². The van der Waals surface area contributed by atoms with Crippen LogP contribution in [0.1, 0.15) is 117 Å². The summed E-state index contributed by atoms with van der Waals surface area (Å²) in [7, 11) is -4.86. The summed E-state index contributed by atoms with van der Waals surface area (Å²) < 4.78 is 32.7. The topological polar surface area (TPSA) is 172 Å². The number of nitrogens with two attached hydrogens (primary N) is 1. The van der Waals surface area contributed by atoms with Crippen molar-refractivity contribution in [2.75, 3.05) is 19.8 Å². The molecule has 0 aromatic heterocycles. The summed E-state index contributed by atoms with van der Waals surface area (Å²) in [6.45, 7) is 2.42. The summed E-state index contributed by atoms with van der Waals surface area (Å²) >= 11 is 0. The van der Waals surface area contributed by atoms with Crippen LogP contribution < -0.4 is 5.73 Å². The van der Waals surface area contributed by atoms with Crippen LogP contribution in [0.25, 0.3) is 0 Å². The number of hydrogen-bond acceptors (Lipinski definition) is 9. The van der Waals surface area contributed by atoms with Crippen molar-refractivity contribution < 1.29 is 47.5 Å². The maximum Gasteiger partial charge on any atom is 0.472 e.